The first kappa shape index (κ1) is 13.9. The molecule has 1 N–H and O–H groups in total. The van der Waals surface area contributed by atoms with Crippen molar-refractivity contribution in [2.75, 3.05) is 4.72 Å². The third-order valence-corrected chi connectivity index (χ3v) is 5.70. The van der Waals surface area contributed by atoms with Crippen molar-refractivity contribution in [2.45, 2.75) is 11.8 Å². The van der Waals surface area contributed by atoms with Crippen LogP contribution in [0.1, 0.15) is 5.56 Å². The molecule has 0 aliphatic rings. The highest BCUT2D eigenvalue weighted by Gasteiger charge is 2.16. The van der Waals surface area contributed by atoms with Gasteiger partial charge in [-0.3, -0.25) is 4.72 Å². The molecule has 0 unspecified atom stereocenters. The molecule has 2 heterocycles. The van der Waals surface area contributed by atoms with Gasteiger partial charge in [0, 0.05) is 10.4 Å². The largest absolute Gasteiger partial charge is 0.472 e. The summed E-state index contributed by atoms with van der Waals surface area (Å²) in [6, 6.07) is 12.0. The van der Waals surface area contributed by atoms with Gasteiger partial charge in [0.05, 0.1) is 17.4 Å². The lowest BCUT2D eigenvalue weighted by molar-refractivity contribution is 0.568. The topological polar surface area (TPSA) is 59.3 Å². The molecule has 0 atom stereocenters. The summed E-state index contributed by atoms with van der Waals surface area (Å²) in [6.07, 6.45) is 3.25. The average molecular weight is 319 g/mol. The van der Waals surface area contributed by atoms with Crippen molar-refractivity contribution in [1.29, 1.82) is 0 Å². The number of hydrogen-bond donors (Lipinski definition) is 1. The van der Waals surface area contributed by atoms with Gasteiger partial charge in [0.15, 0.2) is 0 Å². The second-order valence-electron chi connectivity index (χ2n) is 4.55. The van der Waals surface area contributed by atoms with Gasteiger partial charge in [-0.05, 0) is 36.8 Å². The van der Waals surface area contributed by atoms with E-state index >= 15 is 0 Å². The van der Waals surface area contributed by atoms with Crippen molar-refractivity contribution in [3.05, 3.63) is 60.6 Å². The summed E-state index contributed by atoms with van der Waals surface area (Å²) in [5, 5.41) is 0.590. The van der Waals surface area contributed by atoms with E-state index in [0.29, 0.717) is 5.00 Å². The van der Waals surface area contributed by atoms with Crippen molar-refractivity contribution >= 4 is 26.4 Å². The number of furan rings is 1. The molecule has 2 aromatic heterocycles. The van der Waals surface area contributed by atoms with E-state index in [1.165, 1.54) is 11.3 Å². The Labute approximate surface area is 127 Å². The fourth-order valence-electron chi connectivity index (χ4n) is 2.00. The highest BCUT2D eigenvalue weighted by atomic mass is 32.2. The fourth-order valence-corrected chi connectivity index (χ4v) is 4.37. The molecule has 0 amide bonds. The molecule has 0 aliphatic heterocycles. The van der Waals surface area contributed by atoms with E-state index in [1.807, 2.05) is 19.1 Å². The first-order valence-corrected chi connectivity index (χ1v) is 8.57. The van der Waals surface area contributed by atoms with Crippen LogP contribution in [-0.4, -0.2) is 8.42 Å². The first-order chi connectivity index (χ1) is 10.1. The van der Waals surface area contributed by atoms with Gasteiger partial charge in [0.25, 0.3) is 10.0 Å². The van der Waals surface area contributed by atoms with Crippen LogP contribution in [0.2, 0.25) is 0 Å². The van der Waals surface area contributed by atoms with E-state index < -0.39 is 10.0 Å². The lowest BCUT2D eigenvalue weighted by Crippen LogP contribution is -2.11. The number of rotatable bonds is 4. The predicted octanol–water partition coefficient (Wildman–Crippen LogP) is 4.12. The second-order valence-corrected chi connectivity index (χ2v) is 7.29. The van der Waals surface area contributed by atoms with Crippen LogP contribution in [-0.2, 0) is 10.0 Å². The quantitative estimate of drug-likeness (QED) is 0.787. The van der Waals surface area contributed by atoms with E-state index in [2.05, 4.69) is 4.72 Å². The lowest BCUT2D eigenvalue weighted by Gasteiger charge is -2.05. The van der Waals surface area contributed by atoms with Crippen molar-refractivity contribution in [3.63, 3.8) is 0 Å². The minimum absolute atomic E-state index is 0.251. The summed E-state index contributed by atoms with van der Waals surface area (Å²) in [6.45, 7) is 1.94. The molecule has 0 fully saturated rings. The molecule has 0 aliphatic carbocycles. The highest BCUT2D eigenvalue weighted by molar-refractivity contribution is 7.93. The van der Waals surface area contributed by atoms with Crippen LogP contribution in [0, 0.1) is 6.92 Å². The van der Waals surface area contributed by atoms with E-state index in [-0.39, 0.29) is 4.90 Å². The molecule has 108 valence electrons. The van der Waals surface area contributed by atoms with E-state index in [0.717, 1.165) is 16.0 Å². The number of thiophene rings is 1. The van der Waals surface area contributed by atoms with Gasteiger partial charge < -0.3 is 4.42 Å². The normalized spacial score (nSPS) is 11.5. The molecule has 0 bridgehead atoms. The maximum Gasteiger partial charge on any atom is 0.262 e. The molecule has 0 saturated heterocycles. The average Bonchev–Trinajstić information content (AvgIpc) is 3.09. The predicted molar refractivity (Wildman–Crippen MR) is 84.0 cm³/mol. The molecule has 1 aromatic carbocycles. The number of benzene rings is 1. The van der Waals surface area contributed by atoms with Crippen LogP contribution in [0.3, 0.4) is 0 Å². The minimum atomic E-state index is -3.55. The van der Waals surface area contributed by atoms with Crippen LogP contribution >= 0.6 is 11.3 Å². The molecular formula is C15H13NO3S2. The van der Waals surface area contributed by atoms with Gasteiger partial charge in [0.1, 0.15) is 5.00 Å². The Morgan fingerprint density at radius 2 is 1.90 bits per heavy atom. The van der Waals surface area contributed by atoms with Crippen LogP contribution in [0.15, 0.2) is 64.3 Å². The van der Waals surface area contributed by atoms with Gasteiger partial charge in [-0.15, -0.1) is 11.3 Å². The van der Waals surface area contributed by atoms with Crippen molar-refractivity contribution in [2.24, 2.45) is 0 Å². The zero-order chi connectivity index (χ0) is 14.9. The minimum Gasteiger partial charge on any atom is -0.472 e. The maximum atomic E-state index is 12.3. The Bertz CT molecular complexity index is 834. The summed E-state index contributed by atoms with van der Waals surface area (Å²) in [5.74, 6) is 0. The Kier molecular flexibility index (Phi) is 3.57. The summed E-state index contributed by atoms with van der Waals surface area (Å²) < 4.78 is 32.3. The smallest absolute Gasteiger partial charge is 0.262 e. The molecule has 21 heavy (non-hydrogen) atoms. The van der Waals surface area contributed by atoms with Gasteiger partial charge in [-0.1, -0.05) is 18.2 Å². The standard InChI is InChI=1S/C15H13NO3S2/c1-11-9-14(20-15(11)12-7-8-19-10-12)16-21(17,18)13-5-3-2-4-6-13/h2-10,16H,1H3. The van der Waals surface area contributed by atoms with Crippen LogP contribution in [0.4, 0.5) is 5.00 Å². The van der Waals surface area contributed by atoms with E-state index in [9.17, 15) is 8.42 Å². The van der Waals surface area contributed by atoms with Gasteiger partial charge in [-0.25, -0.2) is 8.42 Å². The molecule has 0 spiro atoms. The molecule has 3 rings (SSSR count). The monoisotopic (exact) mass is 319 g/mol. The SMILES string of the molecule is Cc1cc(NS(=O)(=O)c2ccccc2)sc1-c1ccoc1. The van der Waals surface area contributed by atoms with Gasteiger partial charge in [-0.2, -0.15) is 0 Å². The van der Waals surface area contributed by atoms with Crippen molar-refractivity contribution in [3.8, 4) is 10.4 Å². The number of sulfonamides is 1. The molecule has 3 aromatic rings. The third-order valence-electron chi connectivity index (χ3n) is 2.99. The van der Waals surface area contributed by atoms with Gasteiger partial charge in [0.2, 0.25) is 0 Å². The fraction of sp³-hybridized carbons (Fsp3) is 0.0667. The Balaban J connectivity index is 1.91. The van der Waals surface area contributed by atoms with E-state index in [1.54, 1.807) is 42.9 Å². The molecule has 6 heteroatoms. The summed E-state index contributed by atoms with van der Waals surface area (Å²) in [4.78, 5) is 1.25. The number of nitrogens with one attached hydrogen (secondary N) is 1. The Morgan fingerprint density at radius 3 is 2.57 bits per heavy atom. The molecule has 0 radical (unpaired) electrons. The summed E-state index contributed by atoms with van der Waals surface area (Å²) >= 11 is 1.39. The maximum absolute atomic E-state index is 12.3. The van der Waals surface area contributed by atoms with E-state index in [4.69, 9.17) is 4.42 Å². The number of hydrogen-bond acceptors (Lipinski definition) is 4. The summed E-state index contributed by atoms with van der Waals surface area (Å²) in [5.41, 5.74) is 1.95. The Morgan fingerprint density at radius 1 is 1.14 bits per heavy atom. The van der Waals surface area contributed by atoms with Gasteiger partial charge >= 0.3 is 0 Å². The van der Waals surface area contributed by atoms with Crippen LogP contribution in [0.5, 0.6) is 0 Å². The highest BCUT2D eigenvalue weighted by Crippen LogP contribution is 2.36. The molecule has 0 saturated carbocycles. The zero-order valence-electron chi connectivity index (χ0n) is 11.2. The number of anilines is 1. The number of aryl methyl sites for hydroxylation is 1. The lowest BCUT2D eigenvalue weighted by atomic mass is 10.2. The first-order valence-electron chi connectivity index (χ1n) is 6.27. The van der Waals surface area contributed by atoms with Crippen LogP contribution in [0.25, 0.3) is 10.4 Å². The Hall–Kier alpha value is -2.05. The van der Waals surface area contributed by atoms with Crippen LogP contribution < -0.4 is 4.72 Å². The summed E-state index contributed by atoms with van der Waals surface area (Å²) in [7, 11) is -3.55. The molecular weight excluding hydrogens is 306 g/mol. The molecule has 4 nitrogen and oxygen atoms in total. The van der Waals surface area contributed by atoms with Crippen molar-refractivity contribution < 1.29 is 12.8 Å². The van der Waals surface area contributed by atoms with Crippen molar-refractivity contribution in [1.82, 2.24) is 0 Å². The second kappa shape index (κ2) is 5.38. The third kappa shape index (κ3) is 2.86. The zero-order valence-corrected chi connectivity index (χ0v) is 12.9.